The molecule has 1 fully saturated rings. The Bertz CT molecular complexity index is 1150. The molecule has 0 unspecified atom stereocenters. The van der Waals surface area contributed by atoms with Crippen LogP contribution >= 0.6 is 15.9 Å². The average molecular weight is 452 g/mol. The van der Waals surface area contributed by atoms with Gasteiger partial charge in [0.1, 0.15) is 29.3 Å². The van der Waals surface area contributed by atoms with Crippen LogP contribution in [-0.2, 0) is 16.8 Å². The lowest BCUT2D eigenvalue weighted by Gasteiger charge is -2.15. The maximum absolute atomic E-state index is 14.8. The lowest BCUT2D eigenvalue weighted by Crippen LogP contribution is -2.15. The molecule has 1 saturated heterocycles. The number of aromatic nitrogens is 3. The molecular weight excluding hydrogens is 433 g/mol. The van der Waals surface area contributed by atoms with E-state index in [4.69, 9.17) is 5.73 Å². The predicted molar refractivity (Wildman–Crippen MR) is 110 cm³/mol. The minimum atomic E-state index is -2.36. The van der Waals surface area contributed by atoms with Crippen molar-refractivity contribution in [2.75, 3.05) is 17.2 Å². The SMILES string of the molecule is Cn1c(Br)c(-c2ccc(N=S3(=O)CCCCC3)c(F)c2)c2c(N)ncnc21. The number of halogens is 2. The molecule has 0 saturated carbocycles. The summed E-state index contributed by atoms with van der Waals surface area (Å²) in [6, 6.07) is 4.74. The highest BCUT2D eigenvalue weighted by molar-refractivity contribution is 9.10. The number of fused-ring (bicyclic) bond motifs is 1. The molecule has 6 nitrogen and oxygen atoms in total. The summed E-state index contributed by atoms with van der Waals surface area (Å²) in [4.78, 5) is 8.32. The van der Waals surface area contributed by atoms with E-state index in [1.54, 1.807) is 12.1 Å². The molecule has 4 rings (SSSR count). The van der Waals surface area contributed by atoms with Gasteiger partial charge in [0.25, 0.3) is 0 Å². The summed E-state index contributed by atoms with van der Waals surface area (Å²) in [6.45, 7) is 0. The van der Waals surface area contributed by atoms with Crippen molar-refractivity contribution in [1.29, 1.82) is 0 Å². The molecule has 142 valence electrons. The normalized spacial score (nSPS) is 16.6. The Morgan fingerprint density at radius 2 is 2.00 bits per heavy atom. The highest BCUT2D eigenvalue weighted by Gasteiger charge is 2.20. The Hall–Kier alpha value is -2.00. The van der Waals surface area contributed by atoms with Gasteiger partial charge in [-0.25, -0.2) is 18.6 Å². The van der Waals surface area contributed by atoms with Gasteiger partial charge in [-0.3, -0.25) is 0 Å². The van der Waals surface area contributed by atoms with Crippen LogP contribution in [0.3, 0.4) is 0 Å². The van der Waals surface area contributed by atoms with Crippen molar-refractivity contribution in [1.82, 2.24) is 14.5 Å². The number of benzene rings is 1. The Morgan fingerprint density at radius 1 is 1.26 bits per heavy atom. The van der Waals surface area contributed by atoms with Crippen molar-refractivity contribution in [2.24, 2.45) is 11.4 Å². The average Bonchev–Trinajstić information content (AvgIpc) is 2.90. The summed E-state index contributed by atoms with van der Waals surface area (Å²) in [5.41, 5.74) is 8.20. The van der Waals surface area contributed by atoms with Crippen LogP contribution in [0.5, 0.6) is 0 Å². The first-order valence-corrected chi connectivity index (χ1v) is 11.3. The van der Waals surface area contributed by atoms with Crippen LogP contribution in [0.1, 0.15) is 19.3 Å². The number of hydrogen-bond donors (Lipinski definition) is 1. The number of nitrogen functional groups attached to an aromatic ring is 1. The molecule has 0 spiro atoms. The summed E-state index contributed by atoms with van der Waals surface area (Å²) < 4.78 is 34.4. The largest absolute Gasteiger partial charge is 0.383 e. The van der Waals surface area contributed by atoms with Crippen LogP contribution in [0.25, 0.3) is 22.2 Å². The molecule has 2 aromatic heterocycles. The Morgan fingerprint density at radius 3 is 2.70 bits per heavy atom. The van der Waals surface area contributed by atoms with Gasteiger partial charge >= 0.3 is 0 Å². The number of hydrogen-bond acceptors (Lipinski definition) is 5. The van der Waals surface area contributed by atoms with Crippen LogP contribution in [0, 0.1) is 5.82 Å². The zero-order valence-corrected chi connectivity index (χ0v) is 17.2. The van der Waals surface area contributed by atoms with Gasteiger partial charge in [0.15, 0.2) is 0 Å². The van der Waals surface area contributed by atoms with Gasteiger partial charge in [-0.15, -0.1) is 0 Å². The number of rotatable bonds is 2. The van der Waals surface area contributed by atoms with E-state index in [-0.39, 0.29) is 5.69 Å². The van der Waals surface area contributed by atoms with Gasteiger partial charge < -0.3 is 10.3 Å². The standard InChI is InChI=1S/C18H19BrFN5OS/c1-25-16(19)14(15-17(21)22-10-23-18(15)25)11-5-6-13(12(20)9-11)24-27(26)7-3-2-4-8-27/h5-6,9-10H,2-4,7-8H2,1H3,(H2,21,22,23). The predicted octanol–water partition coefficient (Wildman–Crippen LogP) is 4.40. The van der Waals surface area contributed by atoms with Crippen LogP contribution in [0.2, 0.25) is 0 Å². The second kappa shape index (κ2) is 6.87. The first-order chi connectivity index (χ1) is 12.9. The van der Waals surface area contributed by atoms with Gasteiger partial charge in [-0.1, -0.05) is 12.5 Å². The minimum Gasteiger partial charge on any atom is -0.383 e. The van der Waals surface area contributed by atoms with Crippen LogP contribution < -0.4 is 5.73 Å². The van der Waals surface area contributed by atoms with E-state index >= 15 is 0 Å². The molecule has 3 aromatic rings. The van der Waals surface area contributed by atoms with Crippen molar-refractivity contribution in [3.63, 3.8) is 0 Å². The topological polar surface area (TPSA) is 86.2 Å². The van der Waals surface area contributed by atoms with Gasteiger partial charge in [-0.05, 0) is 46.5 Å². The number of nitrogens with zero attached hydrogens (tertiary/aromatic N) is 4. The molecule has 1 aliphatic rings. The molecule has 2 N–H and O–H groups in total. The lowest BCUT2D eigenvalue weighted by atomic mass is 10.1. The monoisotopic (exact) mass is 451 g/mol. The molecule has 0 amide bonds. The molecule has 0 aliphatic carbocycles. The molecule has 1 aromatic carbocycles. The highest BCUT2D eigenvalue weighted by atomic mass is 79.9. The Labute approximate surface area is 165 Å². The van der Waals surface area contributed by atoms with Crippen LogP contribution in [-0.4, -0.2) is 30.2 Å². The van der Waals surface area contributed by atoms with Crippen molar-refractivity contribution in [3.05, 3.63) is 34.9 Å². The summed E-state index contributed by atoms with van der Waals surface area (Å²) >= 11 is 3.54. The fraction of sp³-hybridized carbons (Fsp3) is 0.333. The smallest absolute Gasteiger partial charge is 0.150 e. The van der Waals surface area contributed by atoms with E-state index in [2.05, 4.69) is 30.3 Å². The van der Waals surface area contributed by atoms with E-state index in [0.717, 1.165) is 29.4 Å². The van der Waals surface area contributed by atoms with Crippen molar-refractivity contribution in [3.8, 4) is 11.1 Å². The van der Waals surface area contributed by atoms with Crippen LogP contribution in [0.4, 0.5) is 15.9 Å². The van der Waals surface area contributed by atoms with Gasteiger partial charge in [0, 0.05) is 24.1 Å². The van der Waals surface area contributed by atoms with Crippen molar-refractivity contribution < 1.29 is 8.60 Å². The molecule has 0 atom stereocenters. The molecule has 1 aliphatic heterocycles. The first kappa shape index (κ1) is 18.4. The van der Waals surface area contributed by atoms with E-state index in [1.165, 1.54) is 12.4 Å². The third-order valence-corrected chi connectivity index (χ3v) is 8.16. The second-order valence-electron chi connectivity index (χ2n) is 6.68. The van der Waals surface area contributed by atoms with Crippen molar-refractivity contribution in [2.45, 2.75) is 19.3 Å². The number of aryl methyl sites for hydroxylation is 1. The van der Waals surface area contributed by atoms with E-state index in [1.807, 2.05) is 11.6 Å². The summed E-state index contributed by atoms with van der Waals surface area (Å²) in [5, 5.41) is 0.661. The van der Waals surface area contributed by atoms with Gasteiger partial charge in [0.2, 0.25) is 0 Å². The Balaban J connectivity index is 1.85. The molecule has 0 bridgehead atoms. The molecule has 0 radical (unpaired) electrons. The summed E-state index contributed by atoms with van der Waals surface area (Å²) in [7, 11) is -0.514. The Kier molecular flexibility index (Phi) is 4.67. The lowest BCUT2D eigenvalue weighted by molar-refractivity contribution is 0.627. The van der Waals surface area contributed by atoms with Crippen molar-refractivity contribution >= 4 is 48.2 Å². The second-order valence-corrected chi connectivity index (χ2v) is 9.98. The zero-order chi connectivity index (χ0) is 19.2. The maximum atomic E-state index is 14.8. The molecule has 9 heteroatoms. The fourth-order valence-electron chi connectivity index (χ4n) is 3.45. The highest BCUT2D eigenvalue weighted by Crippen LogP contribution is 2.40. The number of nitrogens with two attached hydrogens (primary N) is 1. The molecule has 27 heavy (non-hydrogen) atoms. The summed E-state index contributed by atoms with van der Waals surface area (Å²) in [5.74, 6) is 0.907. The quantitative estimate of drug-likeness (QED) is 0.625. The third kappa shape index (κ3) is 3.23. The zero-order valence-electron chi connectivity index (χ0n) is 14.8. The fourth-order valence-corrected chi connectivity index (χ4v) is 6.25. The minimum absolute atomic E-state index is 0.145. The van der Waals surface area contributed by atoms with Crippen LogP contribution in [0.15, 0.2) is 33.5 Å². The van der Waals surface area contributed by atoms with Gasteiger partial charge in [0.05, 0.1) is 19.7 Å². The summed E-state index contributed by atoms with van der Waals surface area (Å²) in [6.07, 6.45) is 4.22. The first-order valence-electron chi connectivity index (χ1n) is 8.66. The van der Waals surface area contributed by atoms with Gasteiger partial charge in [-0.2, -0.15) is 4.36 Å². The third-order valence-electron chi connectivity index (χ3n) is 4.85. The molecule has 3 heterocycles. The van der Waals surface area contributed by atoms with E-state index in [9.17, 15) is 8.60 Å². The molecular formula is C18H19BrFN5OS. The maximum Gasteiger partial charge on any atom is 0.150 e. The number of anilines is 1. The van der Waals surface area contributed by atoms with E-state index < -0.39 is 15.5 Å². The van der Waals surface area contributed by atoms with E-state index in [0.29, 0.717) is 33.9 Å².